The average Bonchev–Trinajstić information content (AvgIpc) is 3.10. The maximum Gasteiger partial charge on any atom is 0.0959 e. The van der Waals surface area contributed by atoms with Crippen LogP contribution in [0.4, 0.5) is 0 Å². The predicted octanol–water partition coefficient (Wildman–Crippen LogP) is 4.03. The zero-order valence-electron chi connectivity index (χ0n) is 11.3. The summed E-state index contributed by atoms with van der Waals surface area (Å²) in [5.74, 6) is 1.40. The second-order valence-corrected chi connectivity index (χ2v) is 6.24. The Morgan fingerprint density at radius 3 is 2.76 bits per heavy atom. The zero-order chi connectivity index (χ0) is 12.3. The maximum absolute atomic E-state index is 4.90. The fourth-order valence-corrected chi connectivity index (χ4v) is 3.20. The summed E-state index contributed by atoms with van der Waals surface area (Å²) in [5, 5.41) is 4.86. The first kappa shape index (κ1) is 13.0. The highest BCUT2D eigenvalue weighted by molar-refractivity contribution is 7.11. The topological polar surface area (TPSA) is 24.9 Å². The number of rotatable bonds is 7. The molecule has 1 fully saturated rings. The lowest BCUT2D eigenvalue weighted by atomic mass is 10.1. The van der Waals surface area contributed by atoms with Crippen LogP contribution in [0.3, 0.4) is 0 Å². The summed E-state index contributed by atoms with van der Waals surface area (Å²) in [4.78, 5) is 6.40. The average molecular weight is 252 g/mol. The van der Waals surface area contributed by atoms with Gasteiger partial charge in [-0.1, -0.05) is 20.8 Å². The number of hydrogen-bond donors (Lipinski definition) is 1. The zero-order valence-corrected chi connectivity index (χ0v) is 12.1. The van der Waals surface area contributed by atoms with Crippen molar-refractivity contribution in [2.24, 2.45) is 0 Å². The molecule has 0 aliphatic heterocycles. The Kier molecular flexibility index (Phi) is 4.57. The minimum absolute atomic E-state index is 0.623. The molecule has 1 N–H and O–H groups in total. The van der Waals surface area contributed by atoms with E-state index >= 15 is 0 Å². The van der Waals surface area contributed by atoms with Gasteiger partial charge in [0.1, 0.15) is 0 Å². The standard InChI is InChI=1S/C14H24N2S/c1-4-8-15-9-12-13(11-6-7-11)16-14(17-12)10(3)5-2/h10-11,15H,4-9H2,1-3H3. The van der Waals surface area contributed by atoms with E-state index in [1.807, 2.05) is 11.3 Å². The van der Waals surface area contributed by atoms with Crippen molar-refractivity contribution in [1.82, 2.24) is 10.3 Å². The van der Waals surface area contributed by atoms with Gasteiger partial charge in [-0.2, -0.15) is 0 Å². The van der Waals surface area contributed by atoms with Crippen LogP contribution in [-0.4, -0.2) is 11.5 Å². The molecule has 2 rings (SSSR count). The summed E-state index contributed by atoms with van der Waals surface area (Å²) >= 11 is 1.94. The van der Waals surface area contributed by atoms with Gasteiger partial charge in [-0.25, -0.2) is 4.98 Å². The number of nitrogens with zero attached hydrogens (tertiary/aromatic N) is 1. The Hall–Kier alpha value is -0.410. The molecule has 1 unspecified atom stereocenters. The molecule has 1 heterocycles. The Labute approximate surface area is 109 Å². The Balaban J connectivity index is 2.08. The third-order valence-electron chi connectivity index (χ3n) is 3.45. The SMILES string of the molecule is CCCNCc1sc(C(C)CC)nc1C1CC1. The molecular formula is C14H24N2S. The van der Waals surface area contributed by atoms with Crippen molar-refractivity contribution < 1.29 is 0 Å². The van der Waals surface area contributed by atoms with Crippen LogP contribution in [0.5, 0.6) is 0 Å². The van der Waals surface area contributed by atoms with Crippen molar-refractivity contribution in [3.05, 3.63) is 15.6 Å². The summed E-state index contributed by atoms with van der Waals surface area (Å²) in [5.41, 5.74) is 1.41. The van der Waals surface area contributed by atoms with Crippen LogP contribution in [0.2, 0.25) is 0 Å². The number of thiazole rings is 1. The molecule has 0 spiro atoms. The minimum Gasteiger partial charge on any atom is -0.312 e. The van der Waals surface area contributed by atoms with Gasteiger partial charge < -0.3 is 5.32 Å². The van der Waals surface area contributed by atoms with Gasteiger partial charge in [-0.3, -0.25) is 0 Å². The Morgan fingerprint density at radius 1 is 1.41 bits per heavy atom. The molecule has 0 saturated heterocycles. The van der Waals surface area contributed by atoms with Crippen molar-refractivity contribution in [3.63, 3.8) is 0 Å². The molecule has 1 saturated carbocycles. The molecule has 0 aromatic carbocycles. The summed E-state index contributed by atoms with van der Waals surface area (Å²) in [7, 11) is 0. The van der Waals surface area contributed by atoms with Gasteiger partial charge in [0.05, 0.1) is 10.7 Å². The molecule has 3 heteroatoms. The van der Waals surface area contributed by atoms with E-state index in [-0.39, 0.29) is 0 Å². The molecule has 1 atom stereocenters. The largest absolute Gasteiger partial charge is 0.312 e. The van der Waals surface area contributed by atoms with Gasteiger partial charge in [0.2, 0.25) is 0 Å². The first-order valence-electron chi connectivity index (χ1n) is 6.96. The van der Waals surface area contributed by atoms with Crippen molar-refractivity contribution in [1.29, 1.82) is 0 Å². The molecule has 1 aliphatic rings. The number of aromatic nitrogens is 1. The van der Waals surface area contributed by atoms with Gasteiger partial charge in [0.15, 0.2) is 0 Å². The van der Waals surface area contributed by atoms with Crippen LogP contribution >= 0.6 is 11.3 Å². The van der Waals surface area contributed by atoms with E-state index in [1.165, 1.54) is 41.3 Å². The number of hydrogen-bond acceptors (Lipinski definition) is 3. The second-order valence-electron chi connectivity index (χ2n) is 5.12. The van der Waals surface area contributed by atoms with Crippen molar-refractivity contribution >= 4 is 11.3 Å². The highest BCUT2D eigenvalue weighted by Crippen LogP contribution is 2.43. The van der Waals surface area contributed by atoms with Crippen LogP contribution in [0.15, 0.2) is 0 Å². The summed E-state index contributed by atoms with van der Waals surface area (Å²) in [6, 6.07) is 0. The summed E-state index contributed by atoms with van der Waals surface area (Å²) < 4.78 is 0. The molecule has 0 bridgehead atoms. The van der Waals surface area contributed by atoms with Crippen LogP contribution in [0.1, 0.15) is 73.9 Å². The molecular weight excluding hydrogens is 228 g/mol. The molecule has 96 valence electrons. The molecule has 0 radical (unpaired) electrons. The predicted molar refractivity (Wildman–Crippen MR) is 74.8 cm³/mol. The van der Waals surface area contributed by atoms with Gasteiger partial charge in [0.25, 0.3) is 0 Å². The van der Waals surface area contributed by atoms with E-state index in [0.29, 0.717) is 5.92 Å². The van der Waals surface area contributed by atoms with Crippen molar-refractivity contribution in [2.45, 2.75) is 64.8 Å². The van der Waals surface area contributed by atoms with Crippen molar-refractivity contribution in [3.8, 4) is 0 Å². The summed E-state index contributed by atoms with van der Waals surface area (Å²) in [6.45, 7) is 8.89. The molecule has 1 aromatic rings. The lowest BCUT2D eigenvalue weighted by Gasteiger charge is -2.02. The lowest BCUT2D eigenvalue weighted by Crippen LogP contribution is -2.13. The molecule has 1 aromatic heterocycles. The normalized spacial score (nSPS) is 17.4. The second kappa shape index (κ2) is 5.96. The fourth-order valence-electron chi connectivity index (χ4n) is 1.95. The van der Waals surface area contributed by atoms with E-state index in [2.05, 4.69) is 26.1 Å². The van der Waals surface area contributed by atoms with E-state index in [9.17, 15) is 0 Å². The minimum atomic E-state index is 0.623. The molecule has 2 nitrogen and oxygen atoms in total. The van der Waals surface area contributed by atoms with Crippen LogP contribution in [-0.2, 0) is 6.54 Å². The molecule has 17 heavy (non-hydrogen) atoms. The van der Waals surface area contributed by atoms with Gasteiger partial charge >= 0.3 is 0 Å². The highest BCUT2D eigenvalue weighted by atomic mass is 32.1. The lowest BCUT2D eigenvalue weighted by molar-refractivity contribution is 0.675. The van der Waals surface area contributed by atoms with Gasteiger partial charge in [0, 0.05) is 23.3 Å². The monoisotopic (exact) mass is 252 g/mol. The third kappa shape index (κ3) is 3.29. The maximum atomic E-state index is 4.90. The van der Waals surface area contributed by atoms with Crippen LogP contribution in [0.25, 0.3) is 0 Å². The first-order valence-corrected chi connectivity index (χ1v) is 7.78. The third-order valence-corrected chi connectivity index (χ3v) is 4.76. The van der Waals surface area contributed by atoms with E-state index < -0.39 is 0 Å². The van der Waals surface area contributed by atoms with Gasteiger partial charge in [-0.15, -0.1) is 11.3 Å². The molecule has 0 amide bonds. The van der Waals surface area contributed by atoms with E-state index in [0.717, 1.165) is 19.0 Å². The molecule has 1 aliphatic carbocycles. The smallest absolute Gasteiger partial charge is 0.0959 e. The summed E-state index contributed by atoms with van der Waals surface area (Å²) in [6.07, 6.45) is 5.10. The fraction of sp³-hybridized carbons (Fsp3) is 0.786. The van der Waals surface area contributed by atoms with E-state index in [1.54, 1.807) is 0 Å². The van der Waals surface area contributed by atoms with Crippen LogP contribution < -0.4 is 5.32 Å². The Bertz CT molecular complexity index is 355. The quantitative estimate of drug-likeness (QED) is 0.741. The van der Waals surface area contributed by atoms with Crippen molar-refractivity contribution in [2.75, 3.05) is 6.54 Å². The first-order chi connectivity index (χ1) is 8.26. The highest BCUT2D eigenvalue weighted by Gasteiger charge is 2.29. The number of nitrogens with one attached hydrogen (secondary N) is 1. The van der Waals surface area contributed by atoms with E-state index in [4.69, 9.17) is 4.98 Å². The van der Waals surface area contributed by atoms with Gasteiger partial charge in [-0.05, 0) is 32.2 Å². The Morgan fingerprint density at radius 2 is 2.18 bits per heavy atom. The van der Waals surface area contributed by atoms with Crippen LogP contribution in [0, 0.1) is 0 Å².